The topological polar surface area (TPSA) is 144 Å². The summed E-state index contributed by atoms with van der Waals surface area (Å²) in [6, 6.07) is 9.48. The summed E-state index contributed by atoms with van der Waals surface area (Å²) in [6.45, 7) is 11.0. The van der Waals surface area contributed by atoms with Gasteiger partial charge in [-0.2, -0.15) is 5.10 Å². The fourth-order valence-electron chi connectivity index (χ4n) is 4.20. The van der Waals surface area contributed by atoms with E-state index in [0.717, 1.165) is 0 Å². The van der Waals surface area contributed by atoms with E-state index in [2.05, 4.69) is 23.5 Å². The van der Waals surface area contributed by atoms with Crippen molar-refractivity contribution in [1.29, 1.82) is 0 Å². The van der Waals surface area contributed by atoms with E-state index in [1.54, 1.807) is 41.8 Å². The summed E-state index contributed by atoms with van der Waals surface area (Å²) in [5, 5.41) is 18.9. The molecule has 200 valence electrons. The number of methoxy groups -OCH3 is 1. The Morgan fingerprint density at radius 1 is 1.20 bits per heavy atom. The SMILES string of the molecule is C=C(F)C(=O)Nc1ccc(-c2nn3c(C(=C)OCC)cnc(N)c3c2-c2ccc(C(=O)[O-])c(OC)c2)c(C)c1.[Li+]. The number of amides is 1. The number of hydrogen-bond donors (Lipinski definition) is 2. The number of aryl methyl sites for hydroxylation is 1. The molecule has 2 heterocycles. The predicted octanol–water partition coefficient (Wildman–Crippen LogP) is 0.759. The molecule has 0 spiro atoms. The van der Waals surface area contributed by atoms with Crippen molar-refractivity contribution in [1.82, 2.24) is 14.6 Å². The Kier molecular flexibility index (Phi) is 9.04. The van der Waals surface area contributed by atoms with Gasteiger partial charge in [0.25, 0.3) is 5.91 Å². The monoisotopic (exact) mass is 537 g/mol. The van der Waals surface area contributed by atoms with Crippen LogP contribution in [0.4, 0.5) is 15.9 Å². The van der Waals surface area contributed by atoms with Crippen molar-refractivity contribution in [2.24, 2.45) is 0 Å². The van der Waals surface area contributed by atoms with Gasteiger partial charge in [-0.1, -0.05) is 25.3 Å². The Labute approximate surface area is 241 Å². The molecule has 2 aromatic heterocycles. The predicted molar refractivity (Wildman–Crippen MR) is 143 cm³/mol. The van der Waals surface area contributed by atoms with Crippen LogP contribution in [0.1, 0.15) is 28.5 Å². The third-order valence-electron chi connectivity index (χ3n) is 5.98. The molecule has 0 bridgehead atoms. The first-order chi connectivity index (χ1) is 18.6. The molecule has 0 aliphatic heterocycles. The molecular formula is C28H25FLiN5O5. The van der Waals surface area contributed by atoms with Crippen LogP contribution >= 0.6 is 0 Å². The maximum absolute atomic E-state index is 13.2. The van der Waals surface area contributed by atoms with Crippen LogP contribution in [0, 0.1) is 6.92 Å². The number of carbonyl (C=O) groups is 2. The molecule has 0 aliphatic carbocycles. The van der Waals surface area contributed by atoms with Crippen molar-refractivity contribution in [3.8, 4) is 28.1 Å². The van der Waals surface area contributed by atoms with E-state index in [1.807, 2.05) is 6.92 Å². The van der Waals surface area contributed by atoms with E-state index in [1.165, 1.54) is 19.4 Å². The molecule has 0 atom stereocenters. The van der Waals surface area contributed by atoms with Gasteiger partial charge in [-0.05, 0) is 49.2 Å². The molecule has 10 nitrogen and oxygen atoms in total. The quantitative estimate of drug-likeness (QED) is 0.181. The molecule has 1 amide bonds. The Hall–Kier alpha value is -4.59. The number of aromatic nitrogens is 3. The molecule has 0 unspecified atom stereocenters. The number of carboxylic acid groups (broad SMARTS) is 1. The molecule has 4 rings (SSSR count). The van der Waals surface area contributed by atoms with Crippen molar-refractivity contribution in [3.05, 3.63) is 78.4 Å². The minimum atomic E-state index is -1.39. The molecule has 3 N–H and O–H groups in total. The van der Waals surface area contributed by atoms with Gasteiger partial charge in [0.2, 0.25) is 0 Å². The number of nitrogens with one attached hydrogen (secondary N) is 1. The number of carbonyl (C=O) groups excluding carboxylic acids is 2. The molecule has 2 aromatic carbocycles. The second-order valence-corrected chi connectivity index (χ2v) is 8.46. The number of carboxylic acids is 1. The van der Waals surface area contributed by atoms with E-state index >= 15 is 0 Å². The standard InChI is InChI=1S/C28H26FN5O5.Li/c1-6-39-16(4)21-13-31-26(30)25-23(17-7-9-20(28(36)37)22(12-17)38-5)24(33-34(21)25)19-10-8-18(11-14(19)2)32-27(35)15(3)29;/h7-13H,3-4,6H2,1-2,5H3,(H2,30,31)(H,32,35)(H,36,37);/q;+1/p-1. The average molecular weight is 537 g/mol. The summed E-state index contributed by atoms with van der Waals surface area (Å²) in [5.41, 5.74) is 10.4. The number of hydrogen-bond acceptors (Lipinski definition) is 8. The van der Waals surface area contributed by atoms with Crippen molar-refractivity contribution < 1.29 is 47.4 Å². The maximum atomic E-state index is 13.2. The third-order valence-corrected chi connectivity index (χ3v) is 5.98. The Balaban J connectivity index is 0.00000441. The van der Waals surface area contributed by atoms with Gasteiger partial charge in [-0.25, -0.2) is 13.9 Å². The number of nitrogens with two attached hydrogens (primary N) is 1. The molecule has 12 heteroatoms. The molecule has 40 heavy (non-hydrogen) atoms. The molecule has 0 fully saturated rings. The number of rotatable bonds is 9. The van der Waals surface area contributed by atoms with Crippen molar-refractivity contribution >= 4 is 34.7 Å². The fraction of sp³-hybridized carbons (Fsp3) is 0.143. The van der Waals surface area contributed by atoms with Gasteiger partial charge in [0.05, 0.1) is 25.9 Å². The maximum Gasteiger partial charge on any atom is 1.00 e. The van der Waals surface area contributed by atoms with Crippen LogP contribution in [-0.4, -0.2) is 40.2 Å². The third kappa shape index (κ3) is 5.56. The van der Waals surface area contributed by atoms with Gasteiger partial charge in [-0.15, -0.1) is 0 Å². The van der Waals surface area contributed by atoms with Crippen LogP contribution in [0.3, 0.4) is 0 Å². The minimum absolute atomic E-state index is 0. The molecule has 0 saturated carbocycles. The second-order valence-electron chi connectivity index (χ2n) is 8.46. The largest absolute Gasteiger partial charge is 1.00 e. The van der Waals surface area contributed by atoms with Crippen molar-refractivity contribution in [2.45, 2.75) is 13.8 Å². The molecule has 4 aromatic rings. The van der Waals surface area contributed by atoms with Gasteiger partial charge in [0.1, 0.15) is 34.2 Å². The van der Waals surface area contributed by atoms with E-state index < -0.39 is 17.7 Å². The number of ether oxygens (including phenoxy) is 2. The Bertz CT molecular complexity index is 1670. The average Bonchev–Trinajstić information content (AvgIpc) is 3.29. The van der Waals surface area contributed by atoms with Crippen LogP contribution < -0.4 is 39.8 Å². The van der Waals surface area contributed by atoms with Crippen LogP contribution in [0.25, 0.3) is 33.7 Å². The normalized spacial score (nSPS) is 10.5. The van der Waals surface area contributed by atoms with Gasteiger partial charge >= 0.3 is 18.9 Å². The van der Waals surface area contributed by atoms with Gasteiger partial charge < -0.3 is 30.4 Å². The summed E-state index contributed by atoms with van der Waals surface area (Å²) < 4.78 is 25.7. The van der Waals surface area contributed by atoms with Crippen molar-refractivity contribution in [3.63, 3.8) is 0 Å². The van der Waals surface area contributed by atoms with Gasteiger partial charge in [-0.3, -0.25) is 4.79 Å². The zero-order valence-electron chi connectivity index (χ0n) is 22.5. The number of anilines is 2. The Morgan fingerprint density at radius 2 is 1.93 bits per heavy atom. The number of fused-ring (bicyclic) bond motifs is 1. The second kappa shape index (κ2) is 12.1. The summed E-state index contributed by atoms with van der Waals surface area (Å²) in [6.07, 6.45) is 1.50. The number of nitrogen functional groups attached to an aromatic ring is 1. The number of nitrogens with zero attached hydrogens (tertiary/aromatic N) is 3. The van der Waals surface area contributed by atoms with E-state index in [0.29, 0.717) is 57.2 Å². The number of benzene rings is 2. The molecule has 0 saturated heterocycles. The van der Waals surface area contributed by atoms with Crippen LogP contribution in [-0.2, 0) is 9.53 Å². The summed E-state index contributed by atoms with van der Waals surface area (Å²) in [5.74, 6) is -2.89. The van der Waals surface area contributed by atoms with Gasteiger partial charge in [0.15, 0.2) is 5.83 Å². The van der Waals surface area contributed by atoms with Crippen LogP contribution in [0.15, 0.2) is 61.6 Å². The van der Waals surface area contributed by atoms with E-state index in [4.69, 9.17) is 20.3 Å². The summed E-state index contributed by atoms with van der Waals surface area (Å²) in [7, 11) is 1.35. The summed E-state index contributed by atoms with van der Waals surface area (Å²) >= 11 is 0. The first-order valence-corrected chi connectivity index (χ1v) is 11.7. The molecular weight excluding hydrogens is 512 g/mol. The van der Waals surface area contributed by atoms with Crippen molar-refractivity contribution in [2.75, 3.05) is 24.8 Å². The van der Waals surface area contributed by atoms with E-state index in [-0.39, 0.29) is 36.0 Å². The zero-order chi connectivity index (χ0) is 28.4. The number of halogens is 1. The first-order valence-electron chi connectivity index (χ1n) is 11.7. The van der Waals surface area contributed by atoms with Crippen LogP contribution in [0.5, 0.6) is 5.75 Å². The van der Waals surface area contributed by atoms with Crippen LogP contribution in [0.2, 0.25) is 0 Å². The first kappa shape index (κ1) is 30.0. The van der Waals surface area contributed by atoms with E-state index in [9.17, 15) is 19.1 Å². The molecule has 0 aliphatic rings. The summed E-state index contributed by atoms with van der Waals surface area (Å²) in [4.78, 5) is 27.7. The zero-order valence-corrected chi connectivity index (χ0v) is 22.5. The number of aromatic carboxylic acids is 1. The fourth-order valence-corrected chi connectivity index (χ4v) is 4.20. The molecule has 0 radical (unpaired) electrons. The Morgan fingerprint density at radius 3 is 2.52 bits per heavy atom. The minimum Gasteiger partial charge on any atom is -0.545 e. The van der Waals surface area contributed by atoms with Gasteiger partial charge in [0, 0.05) is 22.4 Å². The smallest absolute Gasteiger partial charge is 0.545 e.